The Balaban J connectivity index is 1.95. The van der Waals surface area contributed by atoms with Crippen molar-refractivity contribution in [3.8, 4) is 0 Å². The molecule has 1 aliphatic rings. The van der Waals surface area contributed by atoms with Gasteiger partial charge in [0.05, 0.1) is 0 Å². The summed E-state index contributed by atoms with van der Waals surface area (Å²) in [6.45, 7) is 4.44. The van der Waals surface area contributed by atoms with E-state index in [1.54, 1.807) is 5.56 Å². The van der Waals surface area contributed by atoms with Gasteiger partial charge in [0.15, 0.2) is 0 Å². The van der Waals surface area contributed by atoms with Crippen LogP contribution in [0.1, 0.15) is 74.1 Å². The monoisotopic (exact) mass is 321 g/mol. The molecule has 1 nitrogen and oxygen atoms in total. The lowest BCUT2D eigenvalue weighted by Crippen LogP contribution is -2.30. The molecule has 0 atom stereocenters. The Morgan fingerprint density at radius 1 is 1.00 bits per heavy atom. The normalized spacial score (nSPS) is 16.9. The van der Waals surface area contributed by atoms with Gasteiger partial charge in [-0.3, -0.25) is 0 Å². The van der Waals surface area contributed by atoms with Gasteiger partial charge >= 0.3 is 0 Å². The molecule has 3 rings (SSSR count). The standard InChI is InChI=1S/C23H31N/c1-3-13-23(14-7-4-8-15-23)21-10-6-5-9-20(21)17-19-11-12-22(24)18(2)16-19/h5-6,9-12,16H,3-4,7-8,13-15,17,24H2,1-2H3. The Kier molecular flexibility index (Phi) is 5.28. The molecule has 0 unspecified atom stereocenters. The van der Waals surface area contributed by atoms with Crippen LogP contribution in [-0.2, 0) is 11.8 Å². The average molecular weight is 322 g/mol. The van der Waals surface area contributed by atoms with Gasteiger partial charge in [0.2, 0.25) is 0 Å². The van der Waals surface area contributed by atoms with Gasteiger partial charge in [-0.05, 0) is 66.3 Å². The van der Waals surface area contributed by atoms with Gasteiger partial charge in [-0.2, -0.15) is 0 Å². The number of nitrogens with two attached hydrogens (primary N) is 1. The Morgan fingerprint density at radius 3 is 2.46 bits per heavy atom. The molecule has 24 heavy (non-hydrogen) atoms. The minimum Gasteiger partial charge on any atom is -0.399 e. The lowest BCUT2D eigenvalue weighted by molar-refractivity contribution is 0.270. The van der Waals surface area contributed by atoms with Gasteiger partial charge in [0.1, 0.15) is 0 Å². The maximum atomic E-state index is 5.99. The van der Waals surface area contributed by atoms with E-state index < -0.39 is 0 Å². The molecule has 0 spiro atoms. The van der Waals surface area contributed by atoms with E-state index >= 15 is 0 Å². The first kappa shape index (κ1) is 17.1. The van der Waals surface area contributed by atoms with Crippen molar-refractivity contribution in [2.45, 2.75) is 70.6 Å². The van der Waals surface area contributed by atoms with E-state index in [0.717, 1.165) is 12.1 Å². The highest BCUT2D eigenvalue weighted by Crippen LogP contribution is 2.44. The number of anilines is 1. The summed E-state index contributed by atoms with van der Waals surface area (Å²) in [7, 11) is 0. The van der Waals surface area contributed by atoms with E-state index in [1.165, 1.54) is 61.6 Å². The second-order valence-electron chi connectivity index (χ2n) is 7.62. The van der Waals surface area contributed by atoms with E-state index in [4.69, 9.17) is 5.73 Å². The van der Waals surface area contributed by atoms with Crippen molar-refractivity contribution in [3.63, 3.8) is 0 Å². The Bertz CT molecular complexity index is 675. The van der Waals surface area contributed by atoms with Crippen molar-refractivity contribution in [3.05, 3.63) is 64.7 Å². The van der Waals surface area contributed by atoms with Crippen LogP contribution in [0.25, 0.3) is 0 Å². The molecule has 2 N–H and O–H groups in total. The second-order valence-corrected chi connectivity index (χ2v) is 7.62. The molecular weight excluding hydrogens is 290 g/mol. The molecule has 1 aliphatic carbocycles. The molecule has 2 aromatic rings. The van der Waals surface area contributed by atoms with Gasteiger partial charge in [0.25, 0.3) is 0 Å². The summed E-state index contributed by atoms with van der Waals surface area (Å²) in [4.78, 5) is 0. The second kappa shape index (κ2) is 7.42. The fourth-order valence-corrected chi connectivity index (χ4v) is 4.62. The van der Waals surface area contributed by atoms with E-state index in [9.17, 15) is 0 Å². The van der Waals surface area contributed by atoms with Crippen LogP contribution >= 0.6 is 0 Å². The van der Waals surface area contributed by atoms with Crippen LogP contribution in [0.15, 0.2) is 42.5 Å². The highest BCUT2D eigenvalue weighted by molar-refractivity contribution is 5.49. The van der Waals surface area contributed by atoms with Crippen LogP contribution in [-0.4, -0.2) is 0 Å². The number of aryl methyl sites for hydroxylation is 1. The van der Waals surface area contributed by atoms with Gasteiger partial charge in [0, 0.05) is 5.69 Å². The zero-order chi connectivity index (χ0) is 17.0. The van der Waals surface area contributed by atoms with Crippen LogP contribution < -0.4 is 5.73 Å². The van der Waals surface area contributed by atoms with Gasteiger partial charge in [-0.25, -0.2) is 0 Å². The Morgan fingerprint density at radius 2 is 1.75 bits per heavy atom. The molecule has 0 bridgehead atoms. The first-order chi connectivity index (χ1) is 11.6. The minimum atomic E-state index is 0.409. The molecule has 0 radical (unpaired) electrons. The molecule has 1 fully saturated rings. The van der Waals surface area contributed by atoms with E-state index in [0.29, 0.717) is 5.41 Å². The Hall–Kier alpha value is -1.76. The number of benzene rings is 2. The van der Waals surface area contributed by atoms with E-state index in [2.05, 4.69) is 56.3 Å². The quantitative estimate of drug-likeness (QED) is 0.655. The number of hydrogen-bond donors (Lipinski definition) is 1. The number of rotatable bonds is 5. The largest absolute Gasteiger partial charge is 0.399 e. The Labute approximate surface area is 147 Å². The molecular formula is C23H31N. The molecule has 0 aliphatic heterocycles. The fourth-order valence-electron chi connectivity index (χ4n) is 4.62. The summed E-state index contributed by atoms with van der Waals surface area (Å²) in [6.07, 6.45) is 10.5. The smallest absolute Gasteiger partial charge is 0.0343 e. The average Bonchev–Trinajstić information content (AvgIpc) is 2.60. The highest BCUT2D eigenvalue weighted by atomic mass is 14.5. The summed E-state index contributed by atoms with van der Waals surface area (Å²) < 4.78 is 0. The lowest BCUT2D eigenvalue weighted by Gasteiger charge is -2.39. The summed E-state index contributed by atoms with van der Waals surface area (Å²) in [5.74, 6) is 0. The third-order valence-electron chi connectivity index (χ3n) is 5.86. The van der Waals surface area contributed by atoms with Crippen LogP contribution in [0.2, 0.25) is 0 Å². The van der Waals surface area contributed by atoms with Gasteiger partial charge < -0.3 is 5.73 Å². The number of hydrogen-bond acceptors (Lipinski definition) is 1. The van der Waals surface area contributed by atoms with Crippen LogP contribution in [0.4, 0.5) is 5.69 Å². The van der Waals surface area contributed by atoms with Gasteiger partial charge in [-0.1, -0.05) is 69.0 Å². The number of nitrogen functional groups attached to an aromatic ring is 1. The molecule has 2 aromatic carbocycles. The summed E-state index contributed by atoms with van der Waals surface area (Å²) >= 11 is 0. The minimum absolute atomic E-state index is 0.409. The third kappa shape index (κ3) is 3.50. The predicted molar refractivity (Wildman–Crippen MR) is 105 cm³/mol. The maximum absolute atomic E-state index is 5.99. The highest BCUT2D eigenvalue weighted by Gasteiger charge is 2.34. The molecule has 1 saturated carbocycles. The van der Waals surface area contributed by atoms with E-state index in [-0.39, 0.29) is 0 Å². The van der Waals surface area contributed by atoms with Gasteiger partial charge in [-0.15, -0.1) is 0 Å². The third-order valence-corrected chi connectivity index (χ3v) is 5.86. The molecule has 0 saturated heterocycles. The van der Waals surface area contributed by atoms with Crippen LogP contribution in [0, 0.1) is 6.92 Å². The van der Waals surface area contributed by atoms with E-state index in [1.807, 2.05) is 0 Å². The zero-order valence-electron chi connectivity index (χ0n) is 15.3. The summed E-state index contributed by atoms with van der Waals surface area (Å²) in [6, 6.07) is 15.7. The molecule has 128 valence electrons. The lowest BCUT2D eigenvalue weighted by atomic mass is 9.65. The van der Waals surface area contributed by atoms with Crippen molar-refractivity contribution < 1.29 is 0 Å². The van der Waals surface area contributed by atoms with Crippen molar-refractivity contribution in [2.75, 3.05) is 5.73 Å². The first-order valence-electron chi connectivity index (χ1n) is 9.58. The summed E-state index contributed by atoms with van der Waals surface area (Å²) in [5, 5.41) is 0. The van der Waals surface area contributed by atoms with Crippen molar-refractivity contribution in [1.82, 2.24) is 0 Å². The first-order valence-corrected chi connectivity index (χ1v) is 9.58. The molecule has 1 heteroatoms. The molecule has 0 amide bonds. The molecule has 0 aromatic heterocycles. The SMILES string of the molecule is CCCC1(c2ccccc2Cc2ccc(N)c(C)c2)CCCCC1. The fraction of sp³-hybridized carbons (Fsp3) is 0.478. The van der Waals surface area contributed by atoms with Crippen molar-refractivity contribution >= 4 is 5.69 Å². The predicted octanol–water partition coefficient (Wildman–Crippen LogP) is 6.17. The molecule has 0 heterocycles. The summed E-state index contributed by atoms with van der Waals surface area (Å²) in [5.41, 5.74) is 13.0. The topological polar surface area (TPSA) is 26.0 Å². The van der Waals surface area contributed by atoms with Crippen LogP contribution in [0.3, 0.4) is 0 Å². The van der Waals surface area contributed by atoms with Crippen molar-refractivity contribution in [1.29, 1.82) is 0 Å². The van der Waals surface area contributed by atoms with Crippen LogP contribution in [0.5, 0.6) is 0 Å². The maximum Gasteiger partial charge on any atom is 0.0343 e. The van der Waals surface area contributed by atoms with Crippen molar-refractivity contribution in [2.24, 2.45) is 0 Å². The zero-order valence-corrected chi connectivity index (χ0v) is 15.3.